The van der Waals surface area contributed by atoms with Gasteiger partial charge in [-0.05, 0) is 89.9 Å². The van der Waals surface area contributed by atoms with Crippen LogP contribution < -0.4 is 0 Å². The van der Waals surface area contributed by atoms with E-state index in [1.807, 2.05) is 0 Å². The molecule has 0 heterocycles. The van der Waals surface area contributed by atoms with Gasteiger partial charge < -0.3 is 14.2 Å². The minimum Gasteiger partial charge on any atom is -0.463 e. The van der Waals surface area contributed by atoms with Gasteiger partial charge in [-0.1, -0.05) is 235 Å². The Morgan fingerprint density at radius 1 is 0.344 bits per heavy atom. The smallest absolute Gasteiger partial charge is 0.305 e. The standard InChI is InChI=1S/C59H104O5/c1-4-7-10-13-16-19-22-25-27-29-30-31-32-35-38-41-44-47-50-53-59(61)64-56-57(55-63-58(60)52-49-46-43-40-37-34-24-21-18-15-12-9-6-3)62-54-51-48-45-42-39-36-33-28-26-23-20-17-14-11-8-5-2/h7,10,16,19,21,24-25,27,30-31,35,38,57H,4-6,8-9,11-15,17-18,20,22-23,26,28-29,32-34,36-37,39-56H2,1-3H3/b10-7-,19-16-,24-21-,27-25-,31-30-,38-35-/t57-/m0/s1. The number of carbonyl (C=O) groups is 2. The first-order valence-electron chi connectivity index (χ1n) is 27.5. The van der Waals surface area contributed by atoms with Crippen molar-refractivity contribution >= 4 is 11.9 Å². The zero-order chi connectivity index (χ0) is 46.3. The topological polar surface area (TPSA) is 61.8 Å². The van der Waals surface area contributed by atoms with Gasteiger partial charge in [0.25, 0.3) is 0 Å². The van der Waals surface area contributed by atoms with Crippen molar-refractivity contribution in [3.05, 3.63) is 72.9 Å². The number of esters is 2. The fraction of sp³-hybridized carbons (Fsp3) is 0.763. The normalized spacial score (nSPS) is 12.7. The van der Waals surface area contributed by atoms with Crippen LogP contribution in [-0.2, 0) is 23.8 Å². The molecule has 0 spiro atoms. The predicted octanol–water partition coefficient (Wildman–Crippen LogP) is 18.7. The van der Waals surface area contributed by atoms with E-state index in [1.54, 1.807) is 0 Å². The molecule has 64 heavy (non-hydrogen) atoms. The molecule has 0 N–H and O–H groups in total. The maximum Gasteiger partial charge on any atom is 0.305 e. The zero-order valence-corrected chi connectivity index (χ0v) is 42.5. The summed E-state index contributed by atoms with van der Waals surface area (Å²) in [6.45, 7) is 7.58. The minimum absolute atomic E-state index is 0.137. The lowest BCUT2D eigenvalue weighted by Gasteiger charge is -2.18. The lowest BCUT2D eigenvalue weighted by atomic mass is 10.0. The van der Waals surface area contributed by atoms with E-state index in [9.17, 15) is 9.59 Å². The molecule has 0 aliphatic carbocycles. The lowest BCUT2D eigenvalue weighted by Crippen LogP contribution is -2.29. The van der Waals surface area contributed by atoms with Gasteiger partial charge in [0.05, 0.1) is 0 Å². The van der Waals surface area contributed by atoms with Gasteiger partial charge in [-0.3, -0.25) is 9.59 Å². The van der Waals surface area contributed by atoms with E-state index in [2.05, 4.69) is 93.7 Å². The first-order chi connectivity index (χ1) is 31.6. The highest BCUT2D eigenvalue weighted by atomic mass is 16.6. The van der Waals surface area contributed by atoms with E-state index >= 15 is 0 Å². The van der Waals surface area contributed by atoms with Crippen molar-refractivity contribution in [3.63, 3.8) is 0 Å². The summed E-state index contributed by atoms with van der Waals surface area (Å²) in [5.41, 5.74) is 0. The summed E-state index contributed by atoms with van der Waals surface area (Å²) in [6, 6.07) is 0. The first-order valence-corrected chi connectivity index (χ1v) is 27.5. The van der Waals surface area contributed by atoms with Crippen molar-refractivity contribution in [1.82, 2.24) is 0 Å². The molecule has 0 saturated heterocycles. The maximum atomic E-state index is 12.6. The third kappa shape index (κ3) is 52.0. The highest BCUT2D eigenvalue weighted by Crippen LogP contribution is 2.15. The van der Waals surface area contributed by atoms with E-state index in [-0.39, 0.29) is 25.2 Å². The number of carbonyl (C=O) groups excluding carboxylic acids is 2. The molecule has 370 valence electrons. The van der Waals surface area contributed by atoms with Crippen LogP contribution in [0.25, 0.3) is 0 Å². The fourth-order valence-corrected chi connectivity index (χ4v) is 7.62. The Bertz CT molecular complexity index is 1150. The van der Waals surface area contributed by atoms with E-state index in [1.165, 1.54) is 135 Å². The monoisotopic (exact) mass is 893 g/mol. The Kier molecular flexibility index (Phi) is 52.4. The summed E-state index contributed by atoms with van der Waals surface area (Å²) in [6.07, 6.45) is 70.8. The molecular weight excluding hydrogens is 789 g/mol. The Balaban J connectivity index is 4.31. The summed E-state index contributed by atoms with van der Waals surface area (Å²) >= 11 is 0. The summed E-state index contributed by atoms with van der Waals surface area (Å²) in [5.74, 6) is -0.375. The maximum absolute atomic E-state index is 12.6. The molecular formula is C59H104O5. The molecule has 0 bridgehead atoms. The molecule has 0 rings (SSSR count). The molecule has 0 aliphatic rings. The molecule has 0 saturated carbocycles. The van der Waals surface area contributed by atoms with E-state index in [4.69, 9.17) is 14.2 Å². The van der Waals surface area contributed by atoms with Crippen LogP contribution in [0.4, 0.5) is 0 Å². The van der Waals surface area contributed by atoms with Crippen LogP contribution in [0.15, 0.2) is 72.9 Å². The van der Waals surface area contributed by atoms with Crippen molar-refractivity contribution in [3.8, 4) is 0 Å². The van der Waals surface area contributed by atoms with Crippen molar-refractivity contribution in [2.45, 2.75) is 271 Å². The van der Waals surface area contributed by atoms with Crippen LogP contribution in [-0.4, -0.2) is 37.9 Å². The molecule has 0 fully saturated rings. The average molecular weight is 893 g/mol. The summed E-state index contributed by atoms with van der Waals surface area (Å²) in [5, 5.41) is 0. The number of ether oxygens (including phenoxy) is 3. The fourth-order valence-electron chi connectivity index (χ4n) is 7.62. The second-order valence-corrected chi connectivity index (χ2v) is 18.1. The van der Waals surface area contributed by atoms with Crippen LogP contribution in [0.5, 0.6) is 0 Å². The predicted molar refractivity (Wildman–Crippen MR) is 279 cm³/mol. The molecule has 0 aliphatic heterocycles. The van der Waals surface area contributed by atoms with Gasteiger partial charge in [0.2, 0.25) is 0 Å². The Morgan fingerprint density at radius 3 is 1.05 bits per heavy atom. The molecule has 0 amide bonds. The average Bonchev–Trinajstić information content (AvgIpc) is 3.30. The molecule has 0 aromatic heterocycles. The second kappa shape index (κ2) is 54.7. The van der Waals surface area contributed by atoms with Crippen molar-refractivity contribution in [2.75, 3.05) is 19.8 Å². The van der Waals surface area contributed by atoms with Crippen LogP contribution in [0.3, 0.4) is 0 Å². The number of hydrogen-bond donors (Lipinski definition) is 0. The number of allylic oxidation sites excluding steroid dienone is 12. The molecule has 0 aromatic rings. The largest absolute Gasteiger partial charge is 0.463 e. The molecule has 0 radical (unpaired) electrons. The second-order valence-electron chi connectivity index (χ2n) is 18.1. The summed E-state index contributed by atoms with van der Waals surface area (Å²) < 4.78 is 17.4. The molecule has 5 nitrogen and oxygen atoms in total. The van der Waals surface area contributed by atoms with Crippen molar-refractivity contribution in [2.24, 2.45) is 0 Å². The van der Waals surface area contributed by atoms with Gasteiger partial charge in [0, 0.05) is 19.4 Å². The van der Waals surface area contributed by atoms with Crippen LogP contribution in [0.2, 0.25) is 0 Å². The van der Waals surface area contributed by atoms with E-state index in [0.29, 0.717) is 19.4 Å². The SMILES string of the molecule is CC/C=C\C/C=C\C/C=C\C/C=C\C/C=C\CCCCCC(=O)OC[C@H](COC(=O)CCCCCCC/C=C\CCCCCC)OCCCCCCCCCCCCCCCCCC. The van der Waals surface area contributed by atoms with Crippen LogP contribution >= 0.6 is 0 Å². The van der Waals surface area contributed by atoms with Gasteiger partial charge in [-0.25, -0.2) is 0 Å². The van der Waals surface area contributed by atoms with Gasteiger partial charge in [-0.15, -0.1) is 0 Å². The summed E-state index contributed by atoms with van der Waals surface area (Å²) in [4.78, 5) is 25.2. The number of unbranched alkanes of at least 4 members (excludes halogenated alkanes) is 27. The van der Waals surface area contributed by atoms with Gasteiger partial charge in [-0.2, -0.15) is 0 Å². The molecule has 5 heteroatoms. The van der Waals surface area contributed by atoms with Crippen LogP contribution in [0, 0.1) is 0 Å². The number of rotatable bonds is 50. The van der Waals surface area contributed by atoms with E-state index in [0.717, 1.165) is 96.3 Å². The lowest BCUT2D eigenvalue weighted by molar-refractivity contribution is -0.155. The third-order valence-corrected chi connectivity index (χ3v) is 11.8. The Hall–Kier alpha value is -2.66. The molecule has 0 aromatic carbocycles. The number of hydrogen-bond acceptors (Lipinski definition) is 5. The third-order valence-electron chi connectivity index (χ3n) is 11.8. The Morgan fingerprint density at radius 2 is 0.641 bits per heavy atom. The summed E-state index contributed by atoms with van der Waals surface area (Å²) in [7, 11) is 0. The van der Waals surface area contributed by atoms with Crippen molar-refractivity contribution in [1.29, 1.82) is 0 Å². The van der Waals surface area contributed by atoms with Gasteiger partial charge >= 0.3 is 11.9 Å². The highest BCUT2D eigenvalue weighted by Gasteiger charge is 2.16. The molecule has 0 unspecified atom stereocenters. The molecule has 1 atom stereocenters. The van der Waals surface area contributed by atoms with Crippen molar-refractivity contribution < 1.29 is 23.8 Å². The highest BCUT2D eigenvalue weighted by molar-refractivity contribution is 5.69. The van der Waals surface area contributed by atoms with E-state index < -0.39 is 6.10 Å². The van der Waals surface area contributed by atoms with Crippen LogP contribution in [0.1, 0.15) is 265 Å². The first kappa shape index (κ1) is 61.3. The zero-order valence-electron chi connectivity index (χ0n) is 42.5. The van der Waals surface area contributed by atoms with Gasteiger partial charge in [0.15, 0.2) is 0 Å². The minimum atomic E-state index is -0.417. The van der Waals surface area contributed by atoms with Gasteiger partial charge in [0.1, 0.15) is 19.3 Å². The quantitative estimate of drug-likeness (QED) is 0.0346. The Labute approximate surface area is 397 Å².